The zero-order valence-corrected chi connectivity index (χ0v) is 10.3. The quantitative estimate of drug-likeness (QED) is 0.809. The molecule has 7 nitrogen and oxygen atoms in total. The van der Waals surface area contributed by atoms with Crippen LogP contribution in [-0.4, -0.2) is 44.0 Å². The lowest BCUT2D eigenvalue weighted by atomic mass is 10.4. The van der Waals surface area contributed by atoms with Gasteiger partial charge in [0.25, 0.3) is 15.9 Å². The molecule has 0 saturated carbocycles. The maximum Gasteiger partial charge on any atom is 0.407 e. The minimum Gasteiger partial charge on any atom is -0.465 e. The van der Waals surface area contributed by atoms with Crippen molar-refractivity contribution in [2.24, 2.45) is 0 Å². The monoisotopic (exact) mass is 272 g/mol. The second kappa shape index (κ2) is 5.50. The van der Waals surface area contributed by atoms with Crippen molar-refractivity contribution in [3.63, 3.8) is 0 Å². The molecule has 0 atom stereocenters. The molecule has 0 unspecified atom stereocenters. The fourth-order valence-electron chi connectivity index (χ4n) is 1.12. The van der Waals surface area contributed by atoms with Crippen molar-refractivity contribution in [1.82, 2.24) is 9.62 Å². The van der Waals surface area contributed by atoms with E-state index >= 15 is 0 Å². The van der Waals surface area contributed by atoms with Crippen LogP contribution >= 0.6 is 0 Å². The molecular formula is C10H12N2O5S. The van der Waals surface area contributed by atoms with Crippen molar-refractivity contribution in [3.8, 4) is 0 Å². The van der Waals surface area contributed by atoms with Crippen LogP contribution < -0.4 is 4.72 Å². The zero-order chi connectivity index (χ0) is 13.8. The highest BCUT2D eigenvalue weighted by Gasteiger charge is 2.19. The largest absolute Gasteiger partial charge is 0.465 e. The molecule has 0 saturated heterocycles. The van der Waals surface area contributed by atoms with E-state index in [-0.39, 0.29) is 4.90 Å². The van der Waals surface area contributed by atoms with Gasteiger partial charge in [-0.15, -0.1) is 0 Å². The average Bonchev–Trinajstić information content (AvgIpc) is 2.29. The van der Waals surface area contributed by atoms with Gasteiger partial charge in [-0.25, -0.2) is 17.9 Å². The van der Waals surface area contributed by atoms with Gasteiger partial charge in [-0.05, 0) is 12.1 Å². The summed E-state index contributed by atoms with van der Waals surface area (Å²) in [5.74, 6) is -0.913. The SMILES string of the molecule is CN(CC(=O)NS(=O)(=O)c1ccccc1)C(=O)O. The summed E-state index contributed by atoms with van der Waals surface area (Å²) in [4.78, 5) is 22.4. The highest BCUT2D eigenvalue weighted by molar-refractivity contribution is 7.90. The van der Waals surface area contributed by atoms with E-state index in [1.165, 1.54) is 24.3 Å². The van der Waals surface area contributed by atoms with Crippen LogP contribution in [0.4, 0.5) is 4.79 Å². The molecule has 0 aromatic heterocycles. The van der Waals surface area contributed by atoms with Gasteiger partial charge in [0.2, 0.25) is 0 Å². The Morgan fingerprint density at radius 3 is 2.33 bits per heavy atom. The number of nitrogens with zero attached hydrogens (tertiary/aromatic N) is 1. The van der Waals surface area contributed by atoms with E-state index in [1.54, 1.807) is 10.8 Å². The van der Waals surface area contributed by atoms with E-state index < -0.39 is 28.6 Å². The molecule has 1 aromatic rings. The molecule has 18 heavy (non-hydrogen) atoms. The minimum absolute atomic E-state index is 0.0590. The first-order valence-electron chi connectivity index (χ1n) is 4.87. The Labute approximate surface area is 104 Å². The van der Waals surface area contributed by atoms with Gasteiger partial charge in [0, 0.05) is 7.05 Å². The molecule has 0 radical (unpaired) electrons. The molecule has 0 aliphatic heterocycles. The summed E-state index contributed by atoms with van der Waals surface area (Å²) in [6.45, 7) is -0.554. The van der Waals surface area contributed by atoms with Gasteiger partial charge in [-0.2, -0.15) is 0 Å². The molecule has 0 spiro atoms. The van der Waals surface area contributed by atoms with Crippen LogP contribution in [0, 0.1) is 0 Å². The summed E-state index contributed by atoms with van der Waals surface area (Å²) in [5.41, 5.74) is 0. The van der Waals surface area contributed by atoms with Crippen LogP contribution in [0.2, 0.25) is 0 Å². The number of likely N-dealkylation sites (N-methyl/N-ethyl adjacent to an activating group) is 1. The first-order chi connectivity index (χ1) is 8.33. The van der Waals surface area contributed by atoms with Gasteiger partial charge in [0.1, 0.15) is 6.54 Å². The van der Waals surface area contributed by atoms with Gasteiger partial charge >= 0.3 is 6.09 Å². The van der Waals surface area contributed by atoms with Crippen molar-refractivity contribution < 1.29 is 23.1 Å². The van der Waals surface area contributed by atoms with Crippen molar-refractivity contribution >= 4 is 22.0 Å². The van der Waals surface area contributed by atoms with Crippen LogP contribution in [0.1, 0.15) is 0 Å². The predicted molar refractivity (Wildman–Crippen MR) is 62.4 cm³/mol. The van der Waals surface area contributed by atoms with Gasteiger partial charge in [0.15, 0.2) is 0 Å². The van der Waals surface area contributed by atoms with Gasteiger partial charge in [0.05, 0.1) is 4.90 Å². The molecule has 1 aromatic carbocycles. The fraction of sp³-hybridized carbons (Fsp3) is 0.200. The number of hydrogen-bond donors (Lipinski definition) is 2. The molecule has 2 amide bonds. The lowest BCUT2D eigenvalue weighted by Gasteiger charge is -2.12. The summed E-state index contributed by atoms with van der Waals surface area (Å²) in [5, 5.41) is 8.54. The molecule has 2 N–H and O–H groups in total. The third kappa shape index (κ3) is 3.74. The minimum atomic E-state index is -3.95. The highest BCUT2D eigenvalue weighted by Crippen LogP contribution is 2.06. The Kier molecular flexibility index (Phi) is 4.27. The van der Waals surface area contributed by atoms with Crippen LogP contribution in [-0.2, 0) is 14.8 Å². The molecule has 8 heteroatoms. The second-order valence-electron chi connectivity index (χ2n) is 3.48. The van der Waals surface area contributed by atoms with Crippen LogP contribution in [0.3, 0.4) is 0 Å². The van der Waals surface area contributed by atoms with Gasteiger partial charge in [-0.3, -0.25) is 4.79 Å². The maximum absolute atomic E-state index is 11.7. The summed E-state index contributed by atoms with van der Waals surface area (Å²) < 4.78 is 25.2. The lowest BCUT2D eigenvalue weighted by Crippen LogP contribution is -2.40. The number of carboxylic acid groups (broad SMARTS) is 1. The standard InChI is InChI=1S/C10H12N2O5S/c1-12(10(14)15)7-9(13)11-18(16,17)8-5-3-2-4-6-8/h2-6H,7H2,1H3,(H,11,13)(H,14,15). The number of hydrogen-bond acceptors (Lipinski definition) is 4. The Balaban J connectivity index is 2.73. The molecule has 98 valence electrons. The van der Waals surface area contributed by atoms with Crippen LogP contribution in [0.5, 0.6) is 0 Å². The Bertz CT molecular complexity index is 541. The lowest BCUT2D eigenvalue weighted by molar-refractivity contribution is -0.119. The van der Waals surface area contributed by atoms with Crippen molar-refractivity contribution in [1.29, 1.82) is 0 Å². The number of rotatable bonds is 4. The third-order valence-electron chi connectivity index (χ3n) is 2.01. The summed E-state index contributed by atoms with van der Waals surface area (Å²) in [7, 11) is -2.79. The van der Waals surface area contributed by atoms with Crippen molar-refractivity contribution in [2.45, 2.75) is 4.90 Å². The van der Waals surface area contributed by atoms with E-state index in [0.29, 0.717) is 4.90 Å². The predicted octanol–water partition coefficient (Wildman–Crippen LogP) is 0.101. The van der Waals surface area contributed by atoms with E-state index in [2.05, 4.69) is 0 Å². The molecular weight excluding hydrogens is 260 g/mol. The summed E-state index contributed by atoms with van der Waals surface area (Å²) in [6.07, 6.45) is -1.32. The second-order valence-corrected chi connectivity index (χ2v) is 5.16. The maximum atomic E-state index is 11.7. The van der Waals surface area contributed by atoms with Crippen LogP contribution in [0.25, 0.3) is 0 Å². The highest BCUT2D eigenvalue weighted by atomic mass is 32.2. The molecule has 0 fully saturated rings. The number of sulfonamides is 1. The van der Waals surface area contributed by atoms with Gasteiger partial charge in [-0.1, -0.05) is 18.2 Å². The normalized spacial score (nSPS) is 10.7. The van der Waals surface area contributed by atoms with E-state index in [0.717, 1.165) is 7.05 Å². The average molecular weight is 272 g/mol. The Hall–Kier alpha value is -2.09. The molecule has 1 rings (SSSR count). The number of benzene rings is 1. The molecule has 0 bridgehead atoms. The van der Waals surface area contributed by atoms with Gasteiger partial charge < -0.3 is 10.0 Å². The number of nitrogens with one attached hydrogen (secondary N) is 1. The summed E-state index contributed by atoms with van der Waals surface area (Å²) >= 11 is 0. The first-order valence-corrected chi connectivity index (χ1v) is 6.36. The summed E-state index contributed by atoms with van der Waals surface area (Å²) in [6, 6.07) is 7.33. The first kappa shape index (κ1) is 14.0. The number of carbonyl (C=O) groups is 2. The Morgan fingerprint density at radius 1 is 1.28 bits per heavy atom. The van der Waals surface area contributed by atoms with Crippen molar-refractivity contribution in [3.05, 3.63) is 30.3 Å². The molecule has 0 heterocycles. The van der Waals surface area contributed by atoms with E-state index in [1.807, 2.05) is 0 Å². The molecule has 0 aliphatic carbocycles. The Morgan fingerprint density at radius 2 is 1.83 bits per heavy atom. The number of carbonyl (C=O) groups excluding carboxylic acids is 1. The fourth-order valence-corrected chi connectivity index (χ4v) is 2.12. The third-order valence-corrected chi connectivity index (χ3v) is 3.40. The molecule has 0 aliphatic rings. The topological polar surface area (TPSA) is 104 Å². The van der Waals surface area contributed by atoms with E-state index in [4.69, 9.17) is 5.11 Å². The van der Waals surface area contributed by atoms with E-state index in [9.17, 15) is 18.0 Å². The van der Waals surface area contributed by atoms with Crippen LogP contribution in [0.15, 0.2) is 35.2 Å². The smallest absolute Gasteiger partial charge is 0.407 e. The zero-order valence-electron chi connectivity index (χ0n) is 9.53. The van der Waals surface area contributed by atoms with Crippen molar-refractivity contribution in [2.75, 3.05) is 13.6 Å². The number of amides is 2.